The lowest BCUT2D eigenvalue weighted by molar-refractivity contribution is -0.132. The van der Waals surface area contributed by atoms with E-state index in [-0.39, 0.29) is 30.5 Å². The fourth-order valence-corrected chi connectivity index (χ4v) is 2.83. The molecule has 24 heavy (non-hydrogen) atoms. The molecule has 1 saturated heterocycles. The van der Waals surface area contributed by atoms with Gasteiger partial charge in [0.1, 0.15) is 11.6 Å². The minimum Gasteiger partial charge on any atom is -0.340 e. The highest BCUT2D eigenvalue weighted by molar-refractivity contribution is 5.92. The summed E-state index contributed by atoms with van der Waals surface area (Å²) in [6.45, 7) is 7.42. The summed E-state index contributed by atoms with van der Waals surface area (Å²) in [4.78, 5) is 29.3. The van der Waals surface area contributed by atoms with Crippen LogP contribution in [0.1, 0.15) is 20.3 Å². The number of piperazine rings is 1. The number of benzene rings is 1. The predicted molar refractivity (Wildman–Crippen MR) is 87.7 cm³/mol. The number of carbonyl (C=O) groups is 2. The van der Waals surface area contributed by atoms with E-state index in [1.165, 1.54) is 17.9 Å². The van der Waals surface area contributed by atoms with Gasteiger partial charge in [0.2, 0.25) is 11.8 Å². The Balaban J connectivity index is 1.97. The van der Waals surface area contributed by atoms with Gasteiger partial charge in [-0.25, -0.2) is 8.78 Å². The van der Waals surface area contributed by atoms with E-state index in [1.54, 1.807) is 4.90 Å². The molecule has 132 valence electrons. The number of nitrogens with zero attached hydrogens (tertiary/aromatic N) is 3. The molecule has 0 saturated carbocycles. The molecule has 0 bridgehead atoms. The van der Waals surface area contributed by atoms with E-state index in [0.717, 1.165) is 31.8 Å². The summed E-state index contributed by atoms with van der Waals surface area (Å²) in [5.74, 6) is -1.96. The molecule has 0 atom stereocenters. The molecule has 1 heterocycles. The van der Waals surface area contributed by atoms with E-state index >= 15 is 0 Å². The van der Waals surface area contributed by atoms with E-state index in [0.29, 0.717) is 13.1 Å². The van der Waals surface area contributed by atoms with Crippen molar-refractivity contribution in [1.29, 1.82) is 0 Å². The fourth-order valence-electron chi connectivity index (χ4n) is 2.83. The standard InChI is InChI=1S/C17H23F2N3O2/c1-3-20-8-10-21(11-9-20)17(24)6-7-22(13(2)23)16-5-4-14(18)12-15(16)19/h4-5,12H,3,6-11H2,1-2H3. The monoisotopic (exact) mass is 339 g/mol. The number of halogens is 2. The summed E-state index contributed by atoms with van der Waals surface area (Å²) in [6.07, 6.45) is 0.114. The van der Waals surface area contributed by atoms with Crippen LogP contribution in [0.5, 0.6) is 0 Å². The zero-order chi connectivity index (χ0) is 17.7. The maximum absolute atomic E-state index is 13.9. The number of rotatable bonds is 5. The average Bonchev–Trinajstić information content (AvgIpc) is 2.56. The number of hydrogen-bond acceptors (Lipinski definition) is 3. The van der Waals surface area contributed by atoms with Gasteiger partial charge in [0, 0.05) is 52.1 Å². The van der Waals surface area contributed by atoms with Crippen molar-refractivity contribution in [2.24, 2.45) is 0 Å². The van der Waals surface area contributed by atoms with Gasteiger partial charge in [-0.1, -0.05) is 6.92 Å². The number of carbonyl (C=O) groups excluding carboxylic acids is 2. The van der Waals surface area contributed by atoms with Gasteiger partial charge in [-0.05, 0) is 18.7 Å². The molecule has 1 aliphatic heterocycles. The SMILES string of the molecule is CCN1CCN(C(=O)CCN(C(C)=O)c2ccc(F)cc2F)CC1. The summed E-state index contributed by atoms with van der Waals surface area (Å²) >= 11 is 0. The number of anilines is 1. The van der Waals surface area contributed by atoms with E-state index in [4.69, 9.17) is 0 Å². The van der Waals surface area contributed by atoms with Crippen LogP contribution in [0.3, 0.4) is 0 Å². The van der Waals surface area contributed by atoms with Crippen LogP contribution in [0, 0.1) is 11.6 Å². The third kappa shape index (κ3) is 4.50. The predicted octanol–water partition coefficient (Wildman–Crippen LogP) is 1.87. The second-order valence-corrected chi connectivity index (χ2v) is 5.83. The van der Waals surface area contributed by atoms with Gasteiger partial charge < -0.3 is 14.7 Å². The lowest BCUT2D eigenvalue weighted by Crippen LogP contribution is -2.49. The van der Waals surface area contributed by atoms with Crippen LogP contribution in [-0.4, -0.2) is 60.9 Å². The van der Waals surface area contributed by atoms with Crippen molar-refractivity contribution in [2.45, 2.75) is 20.3 Å². The zero-order valence-corrected chi connectivity index (χ0v) is 14.1. The average molecular weight is 339 g/mol. The van der Waals surface area contributed by atoms with Crippen molar-refractivity contribution in [1.82, 2.24) is 9.80 Å². The van der Waals surface area contributed by atoms with Crippen LogP contribution in [0.2, 0.25) is 0 Å². The second-order valence-electron chi connectivity index (χ2n) is 5.83. The molecular formula is C17H23F2N3O2. The van der Waals surface area contributed by atoms with Crippen molar-refractivity contribution >= 4 is 17.5 Å². The van der Waals surface area contributed by atoms with Crippen molar-refractivity contribution < 1.29 is 18.4 Å². The number of amides is 2. The summed E-state index contributed by atoms with van der Waals surface area (Å²) in [6, 6.07) is 3.05. The molecule has 1 aromatic carbocycles. The quantitative estimate of drug-likeness (QED) is 0.823. The van der Waals surface area contributed by atoms with Gasteiger partial charge in [0.25, 0.3) is 0 Å². The summed E-state index contributed by atoms with van der Waals surface area (Å²) in [7, 11) is 0. The number of hydrogen-bond donors (Lipinski definition) is 0. The first-order chi connectivity index (χ1) is 11.4. The third-order valence-electron chi connectivity index (χ3n) is 4.30. The van der Waals surface area contributed by atoms with Crippen molar-refractivity contribution in [3.8, 4) is 0 Å². The minimum atomic E-state index is -0.811. The topological polar surface area (TPSA) is 43.9 Å². The van der Waals surface area contributed by atoms with Crippen LogP contribution >= 0.6 is 0 Å². The molecule has 1 aromatic rings. The maximum atomic E-state index is 13.9. The lowest BCUT2D eigenvalue weighted by atomic mass is 10.2. The second kappa shape index (κ2) is 8.19. The molecule has 0 aromatic heterocycles. The molecule has 1 fully saturated rings. The largest absolute Gasteiger partial charge is 0.340 e. The van der Waals surface area contributed by atoms with Gasteiger partial charge in [-0.3, -0.25) is 9.59 Å². The van der Waals surface area contributed by atoms with Crippen molar-refractivity contribution in [3.05, 3.63) is 29.8 Å². The lowest BCUT2D eigenvalue weighted by Gasteiger charge is -2.34. The minimum absolute atomic E-state index is 0.00694. The van der Waals surface area contributed by atoms with Gasteiger partial charge in [-0.15, -0.1) is 0 Å². The van der Waals surface area contributed by atoms with Crippen LogP contribution in [-0.2, 0) is 9.59 Å². The Morgan fingerprint density at radius 1 is 1.17 bits per heavy atom. The first-order valence-corrected chi connectivity index (χ1v) is 8.15. The number of likely N-dealkylation sites (N-methyl/N-ethyl adjacent to an activating group) is 1. The Kier molecular flexibility index (Phi) is 6.25. The molecule has 1 aliphatic rings. The van der Waals surface area contributed by atoms with Crippen LogP contribution < -0.4 is 4.90 Å². The van der Waals surface area contributed by atoms with Crippen LogP contribution in [0.4, 0.5) is 14.5 Å². The van der Waals surface area contributed by atoms with Gasteiger partial charge in [0.05, 0.1) is 5.69 Å². The molecule has 0 N–H and O–H groups in total. The molecule has 5 nitrogen and oxygen atoms in total. The van der Waals surface area contributed by atoms with Crippen molar-refractivity contribution in [2.75, 3.05) is 44.2 Å². The Morgan fingerprint density at radius 2 is 1.83 bits per heavy atom. The highest BCUT2D eigenvalue weighted by atomic mass is 19.1. The van der Waals surface area contributed by atoms with E-state index in [1.807, 2.05) is 0 Å². The third-order valence-corrected chi connectivity index (χ3v) is 4.30. The fraction of sp³-hybridized carbons (Fsp3) is 0.529. The van der Waals surface area contributed by atoms with Gasteiger partial charge >= 0.3 is 0 Å². The van der Waals surface area contributed by atoms with Gasteiger partial charge in [-0.2, -0.15) is 0 Å². The summed E-state index contributed by atoms with van der Waals surface area (Å²) < 4.78 is 26.9. The van der Waals surface area contributed by atoms with E-state index in [2.05, 4.69) is 11.8 Å². The molecule has 0 aliphatic carbocycles. The van der Waals surface area contributed by atoms with Gasteiger partial charge in [0.15, 0.2) is 0 Å². The molecule has 2 amide bonds. The molecule has 7 heteroatoms. The summed E-state index contributed by atoms with van der Waals surface area (Å²) in [5, 5.41) is 0. The Morgan fingerprint density at radius 3 is 2.38 bits per heavy atom. The van der Waals surface area contributed by atoms with Crippen LogP contribution in [0.25, 0.3) is 0 Å². The Bertz CT molecular complexity index is 601. The van der Waals surface area contributed by atoms with E-state index in [9.17, 15) is 18.4 Å². The zero-order valence-electron chi connectivity index (χ0n) is 14.1. The summed E-state index contributed by atoms with van der Waals surface area (Å²) in [5.41, 5.74) is -0.00694. The normalized spacial score (nSPS) is 15.4. The molecule has 0 unspecified atom stereocenters. The molecule has 2 rings (SSSR count). The van der Waals surface area contributed by atoms with E-state index < -0.39 is 11.6 Å². The first kappa shape index (κ1) is 18.3. The molecule has 0 spiro atoms. The van der Waals surface area contributed by atoms with Crippen molar-refractivity contribution in [3.63, 3.8) is 0 Å². The maximum Gasteiger partial charge on any atom is 0.224 e. The highest BCUT2D eigenvalue weighted by Gasteiger charge is 2.22. The Labute approximate surface area is 140 Å². The molecular weight excluding hydrogens is 316 g/mol. The van der Waals surface area contributed by atoms with Crippen LogP contribution in [0.15, 0.2) is 18.2 Å². The Hall–Kier alpha value is -2.02. The first-order valence-electron chi connectivity index (χ1n) is 8.15. The molecule has 0 radical (unpaired) electrons. The smallest absolute Gasteiger partial charge is 0.224 e. The highest BCUT2D eigenvalue weighted by Crippen LogP contribution is 2.21.